The summed E-state index contributed by atoms with van der Waals surface area (Å²) in [6.07, 6.45) is -0.294. The first kappa shape index (κ1) is 13.5. The number of rotatable bonds is 6. The van der Waals surface area contributed by atoms with Crippen LogP contribution in [0.3, 0.4) is 0 Å². The molecule has 2 aromatic rings. The van der Waals surface area contributed by atoms with Crippen LogP contribution >= 0.6 is 0 Å². The molecule has 0 saturated heterocycles. The third-order valence-electron chi connectivity index (χ3n) is 2.52. The SMILES string of the molecule is CCOC(c1ccccc1)c1noc(NC(C)C)n1. The van der Waals surface area contributed by atoms with Gasteiger partial charge in [0.2, 0.25) is 5.82 Å². The van der Waals surface area contributed by atoms with Crippen LogP contribution in [0.1, 0.15) is 38.3 Å². The van der Waals surface area contributed by atoms with Gasteiger partial charge in [0, 0.05) is 12.6 Å². The summed E-state index contributed by atoms with van der Waals surface area (Å²) in [5.74, 6) is 0.538. The molecule has 0 amide bonds. The van der Waals surface area contributed by atoms with Crippen molar-refractivity contribution in [2.75, 3.05) is 11.9 Å². The smallest absolute Gasteiger partial charge is 0.321 e. The minimum atomic E-state index is -0.294. The highest BCUT2D eigenvalue weighted by atomic mass is 16.5. The first-order chi connectivity index (χ1) is 9.20. The lowest BCUT2D eigenvalue weighted by Gasteiger charge is -2.13. The highest BCUT2D eigenvalue weighted by molar-refractivity contribution is 5.26. The first-order valence-electron chi connectivity index (χ1n) is 6.47. The van der Waals surface area contributed by atoms with Gasteiger partial charge < -0.3 is 14.6 Å². The molecule has 0 aliphatic carbocycles. The van der Waals surface area contributed by atoms with Crippen LogP contribution in [0, 0.1) is 0 Å². The van der Waals surface area contributed by atoms with Crippen molar-refractivity contribution >= 4 is 6.01 Å². The lowest BCUT2D eigenvalue weighted by Crippen LogP contribution is -2.11. The molecule has 102 valence electrons. The Morgan fingerprint density at radius 1 is 1.26 bits per heavy atom. The second kappa shape index (κ2) is 6.33. The van der Waals surface area contributed by atoms with Gasteiger partial charge in [-0.2, -0.15) is 4.98 Å². The fourth-order valence-corrected chi connectivity index (χ4v) is 1.76. The monoisotopic (exact) mass is 261 g/mol. The van der Waals surface area contributed by atoms with Crippen LogP contribution in [0.4, 0.5) is 6.01 Å². The van der Waals surface area contributed by atoms with Crippen LogP contribution in [-0.2, 0) is 4.74 Å². The van der Waals surface area contributed by atoms with E-state index in [1.165, 1.54) is 0 Å². The van der Waals surface area contributed by atoms with Crippen molar-refractivity contribution in [2.24, 2.45) is 0 Å². The van der Waals surface area contributed by atoms with Crippen LogP contribution in [0.25, 0.3) is 0 Å². The van der Waals surface area contributed by atoms with Gasteiger partial charge in [-0.15, -0.1) is 0 Å². The summed E-state index contributed by atoms with van der Waals surface area (Å²) in [5, 5.41) is 7.07. The molecule has 0 fully saturated rings. The minimum absolute atomic E-state index is 0.246. The van der Waals surface area contributed by atoms with Crippen molar-refractivity contribution in [3.8, 4) is 0 Å². The molecule has 1 aromatic heterocycles. The highest BCUT2D eigenvalue weighted by Gasteiger charge is 2.20. The quantitative estimate of drug-likeness (QED) is 0.866. The topological polar surface area (TPSA) is 60.2 Å². The van der Waals surface area contributed by atoms with E-state index in [0.29, 0.717) is 18.4 Å². The molecule has 1 aromatic carbocycles. The predicted molar refractivity (Wildman–Crippen MR) is 73.0 cm³/mol. The van der Waals surface area contributed by atoms with Gasteiger partial charge in [0.15, 0.2) is 0 Å². The second-order valence-corrected chi connectivity index (χ2v) is 4.50. The largest absolute Gasteiger partial charge is 0.366 e. The van der Waals surface area contributed by atoms with Gasteiger partial charge in [-0.25, -0.2) is 0 Å². The maximum absolute atomic E-state index is 5.72. The summed E-state index contributed by atoms with van der Waals surface area (Å²) < 4.78 is 10.9. The Balaban J connectivity index is 2.22. The number of anilines is 1. The maximum atomic E-state index is 5.72. The van der Waals surface area contributed by atoms with Crippen LogP contribution in [0.15, 0.2) is 34.9 Å². The van der Waals surface area contributed by atoms with E-state index in [2.05, 4.69) is 15.5 Å². The molecule has 5 heteroatoms. The summed E-state index contributed by atoms with van der Waals surface area (Å²) in [4.78, 5) is 4.33. The van der Waals surface area contributed by atoms with Crippen molar-refractivity contribution in [3.05, 3.63) is 41.7 Å². The zero-order valence-electron chi connectivity index (χ0n) is 11.5. The third kappa shape index (κ3) is 3.54. The molecule has 0 bridgehead atoms. The summed E-state index contributed by atoms with van der Waals surface area (Å²) in [5.41, 5.74) is 1.02. The van der Waals surface area contributed by atoms with Crippen LogP contribution in [0.2, 0.25) is 0 Å². The molecule has 2 rings (SSSR count). The molecule has 1 N–H and O–H groups in total. The van der Waals surface area contributed by atoms with Gasteiger partial charge in [0.05, 0.1) is 0 Å². The molecule has 1 heterocycles. The zero-order chi connectivity index (χ0) is 13.7. The summed E-state index contributed by atoms with van der Waals surface area (Å²) in [7, 11) is 0. The van der Waals surface area contributed by atoms with E-state index in [1.54, 1.807) is 0 Å². The van der Waals surface area contributed by atoms with Gasteiger partial charge >= 0.3 is 6.01 Å². The Hall–Kier alpha value is -1.88. The molecular formula is C14H19N3O2. The molecule has 0 aliphatic heterocycles. The van der Waals surface area contributed by atoms with Gasteiger partial charge in [0.1, 0.15) is 6.10 Å². The van der Waals surface area contributed by atoms with E-state index < -0.39 is 0 Å². The fourth-order valence-electron chi connectivity index (χ4n) is 1.76. The van der Waals surface area contributed by atoms with E-state index >= 15 is 0 Å². The number of hydrogen-bond acceptors (Lipinski definition) is 5. The normalized spacial score (nSPS) is 12.6. The Kier molecular flexibility index (Phi) is 4.52. The van der Waals surface area contributed by atoms with E-state index in [1.807, 2.05) is 51.1 Å². The van der Waals surface area contributed by atoms with Crippen LogP contribution in [-0.4, -0.2) is 22.8 Å². The van der Waals surface area contributed by atoms with Gasteiger partial charge in [-0.3, -0.25) is 0 Å². The van der Waals surface area contributed by atoms with Crippen molar-refractivity contribution in [1.82, 2.24) is 10.1 Å². The number of aromatic nitrogens is 2. The average Bonchev–Trinajstić information content (AvgIpc) is 2.84. The van der Waals surface area contributed by atoms with Crippen LogP contribution in [0.5, 0.6) is 0 Å². The van der Waals surface area contributed by atoms with Gasteiger partial charge in [0.25, 0.3) is 0 Å². The summed E-state index contributed by atoms with van der Waals surface area (Å²) in [6, 6.07) is 10.6. The van der Waals surface area contributed by atoms with Crippen molar-refractivity contribution in [2.45, 2.75) is 32.9 Å². The number of benzene rings is 1. The molecular weight excluding hydrogens is 242 g/mol. The Morgan fingerprint density at radius 2 is 2.00 bits per heavy atom. The number of nitrogens with zero attached hydrogens (tertiary/aromatic N) is 2. The lowest BCUT2D eigenvalue weighted by molar-refractivity contribution is 0.0833. The summed E-state index contributed by atoms with van der Waals surface area (Å²) >= 11 is 0. The van der Waals surface area contributed by atoms with Crippen molar-refractivity contribution in [3.63, 3.8) is 0 Å². The van der Waals surface area contributed by atoms with E-state index in [0.717, 1.165) is 5.56 Å². The van der Waals surface area contributed by atoms with Crippen LogP contribution < -0.4 is 5.32 Å². The fraction of sp³-hybridized carbons (Fsp3) is 0.429. The molecule has 5 nitrogen and oxygen atoms in total. The molecule has 0 saturated carbocycles. The number of nitrogens with one attached hydrogen (secondary N) is 1. The number of hydrogen-bond donors (Lipinski definition) is 1. The van der Waals surface area contributed by atoms with Crippen molar-refractivity contribution in [1.29, 1.82) is 0 Å². The van der Waals surface area contributed by atoms with Gasteiger partial charge in [-0.1, -0.05) is 35.5 Å². The standard InChI is InChI=1S/C14H19N3O2/c1-4-18-12(11-8-6-5-7-9-11)13-16-14(19-17-13)15-10(2)3/h5-10,12H,4H2,1-3H3,(H,15,16,17). The summed E-state index contributed by atoms with van der Waals surface area (Å²) in [6.45, 7) is 6.56. The Labute approximate surface area is 113 Å². The Bertz CT molecular complexity index is 496. The predicted octanol–water partition coefficient (Wildman–Crippen LogP) is 3.02. The van der Waals surface area contributed by atoms with Gasteiger partial charge in [-0.05, 0) is 26.3 Å². The molecule has 19 heavy (non-hydrogen) atoms. The third-order valence-corrected chi connectivity index (χ3v) is 2.52. The second-order valence-electron chi connectivity index (χ2n) is 4.50. The minimum Gasteiger partial charge on any atom is -0.366 e. The van der Waals surface area contributed by atoms with E-state index in [-0.39, 0.29) is 12.1 Å². The molecule has 1 unspecified atom stereocenters. The Morgan fingerprint density at radius 3 is 2.63 bits per heavy atom. The van der Waals surface area contributed by atoms with E-state index in [9.17, 15) is 0 Å². The molecule has 0 spiro atoms. The van der Waals surface area contributed by atoms with E-state index in [4.69, 9.17) is 9.26 Å². The maximum Gasteiger partial charge on any atom is 0.321 e. The molecule has 0 aliphatic rings. The molecule has 1 atom stereocenters. The average molecular weight is 261 g/mol. The molecule has 0 radical (unpaired) electrons. The zero-order valence-corrected chi connectivity index (χ0v) is 11.5. The lowest BCUT2D eigenvalue weighted by atomic mass is 10.1. The first-order valence-corrected chi connectivity index (χ1v) is 6.47. The van der Waals surface area contributed by atoms with Crippen molar-refractivity contribution < 1.29 is 9.26 Å². The highest BCUT2D eigenvalue weighted by Crippen LogP contribution is 2.24. The number of ether oxygens (including phenoxy) is 1.